The zero-order valence-corrected chi connectivity index (χ0v) is 21.6. The minimum absolute atomic E-state index is 0.396. The van der Waals surface area contributed by atoms with Gasteiger partial charge in [0.05, 0.1) is 0 Å². The van der Waals surface area contributed by atoms with Crippen LogP contribution in [0.5, 0.6) is 0 Å². The van der Waals surface area contributed by atoms with E-state index >= 15 is 0 Å². The van der Waals surface area contributed by atoms with Crippen LogP contribution in [-0.4, -0.2) is 45.7 Å². The molecule has 1 aliphatic rings. The molecule has 0 aliphatic heterocycles. The normalized spacial score (nSPS) is 15.7. The van der Waals surface area contributed by atoms with E-state index in [4.69, 9.17) is 0 Å². The van der Waals surface area contributed by atoms with Gasteiger partial charge in [-0.05, 0) is 50.3 Å². The second kappa shape index (κ2) is 11.9. The Bertz CT molecular complexity index is 1130. The Morgan fingerprint density at radius 1 is 1.11 bits per heavy atom. The highest BCUT2D eigenvalue weighted by Gasteiger charge is 2.25. The molecule has 1 fully saturated rings. The van der Waals surface area contributed by atoms with Crippen LogP contribution < -0.4 is 5.32 Å². The van der Waals surface area contributed by atoms with Gasteiger partial charge in [-0.2, -0.15) is 0 Å². The van der Waals surface area contributed by atoms with E-state index in [1.54, 1.807) is 0 Å². The van der Waals surface area contributed by atoms with E-state index in [0.29, 0.717) is 30.9 Å². The third kappa shape index (κ3) is 5.79. The van der Waals surface area contributed by atoms with E-state index in [9.17, 15) is 9.90 Å². The highest BCUT2D eigenvalue weighted by atomic mass is 16.4. The number of carboxylic acid groups (broad SMARTS) is 1. The first-order chi connectivity index (χ1) is 17.0. The summed E-state index contributed by atoms with van der Waals surface area (Å²) in [6.07, 6.45) is 7.82. The van der Waals surface area contributed by atoms with Gasteiger partial charge < -0.3 is 15.0 Å². The summed E-state index contributed by atoms with van der Waals surface area (Å²) in [5, 5.41) is 14.9. The molecule has 188 valence electrons. The fraction of sp³-hybridized carbons (Fsp3) is 0.500. The quantitative estimate of drug-likeness (QED) is 0.323. The predicted molar refractivity (Wildman–Crippen MR) is 144 cm³/mol. The minimum atomic E-state index is -0.866. The van der Waals surface area contributed by atoms with Crippen molar-refractivity contribution in [1.29, 1.82) is 0 Å². The molecule has 0 amide bonds. The molecule has 1 aromatic heterocycles. The molecule has 0 saturated heterocycles. The minimum Gasteiger partial charge on any atom is -0.477 e. The number of aromatic nitrogens is 1. The Morgan fingerprint density at radius 2 is 1.83 bits per heavy atom. The first kappa shape index (κ1) is 25.5. The number of nitrogens with zero attached hydrogens (tertiary/aromatic N) is 2. The molecule has 1 heterocycles. The Kier molecular flexibility index (Phi) is 8.64. The molecule has 5 nitrogen and oxygen atoms in total. The van der Waals surface area contributed by atoms with Gasteiger partial charge in [0.25, 0.3) is 0 Å². The highest BCUT2D eigenvalue weighted by Crippen LogP contribution is 2.28. The number of fused-ring (bicyclic) bond motifs is 1. The van der Waals surface area contributed by atoms with Gasteiger partial charge in [-0.3, -0.25) is 4.90 Å². The van der Waals surface area contributed by atoms with Crippen molar-refractivity contribution in [3.63, 3.8) is 0 Å². The molecule has 4 rings (SSSR count). The summed E-state index contributed by atoms with van der Waals surface area (Å²) in [4.78, 5) is 15.2. The standard InChI is InChI=1S/C30H41N3O2/c1-4-23(3)32(25-14-6-5-7-15-25)19-18-31-20-27-26-16-10-11-17-28(26)33(29(27)30(34)35)21-24-13-9-8-12-22(24)2/h8-13,16-17,23,25,31H,4-7,14-15,18-21H2,1-3H3,(H,34,35)/t23-/m0/s1. The number of rotatable bonds is 11. The molecule has 5 heteroatoms. The van der Waals surface area contributed by atoms with Crippen molar-refractivity contribution in [1.82, 2.24) is 14.8 Å². The SMILES string of the molecule is CC[C@H](C)N(CCNCc1c(C(=O)O)n(Cc2ccccc2C)c2ccccc12)C1CCCCC1. The van der Waals surface area contributed by atoms with Crippen LogP contribution in [0, 0.1) is 6.92 Å². The zero-order chi connectivity index (χ0) is 24.8. The maximum absolute atomic E-state index is 12.5. The number of benzene rings is 2. The monoisotopic (exact) mass is 475 g/mol. The Labute approximate surface area is 210 Å². The summed E-state index contributed by atoms with van der Waals surface area (Å²) >= 11 is 0. The van der Waals surface area contributed by atoms with Crippen LogP contribution in [0.2, 0.25) is 0 Å². The van der Waals surface area contributed by atoms with E-state index in [1.165, 1.54) is 37.7 Å². The first-order valence-electron chi connectivity index (χ1n) is 13.4. The van der Waals surface area contributed by atoms with Crippen molar-refractivity contribution in [2.45, 2.75) is 84.5 Å². The van der Waals surface area contributed by atoms with Gasteiger partial charge in [-0.15, -0.1) is 0 Å². The molecular formula is C30H41N3O2. The van der Waals surface area contributed by atoms with Crippen LogP contribution in [0.4, 0.5) is 0 Å². The van der Waals surface area contributed by atoms with Gasteiger partial charge in [0.15, 0.2) is 0 Å². The smallest absolute Gasteiger partial charge is 0.352 e. The van der Waals surface area contributed by atoms with Crippen molar-refractivity contribution >= 4 is 16.9 Å². The fourth-order valence-electron chi connectivity index (χ4n) is 5.75. The largest absolute Gasteiger partial charge is 0.477 e. The van der Waals surface area contributed by atoms with Gasteiger partial charge in [-0.25, -0.2) is 4.79 Å². The lowest BCUT2D eigenvalue weighted by Crippen LogP contribution is -2.45. The van der Waals surface area contributed by atoms with E-state index in [1.807, 2.05) is 34.9 Å². The molecule has 1 atom stereocenters. The third-order valence-electron chi connectivity index (χ3n) is 7.92. The van der Waals surface area contributed by atoms with Crippen molar-refractivity contribution in [3.8, 4) is 0 Å². The lowest BCUT2D eigenvalue weighted by Gasteiger charge is -2.38. The van der Waals surface area contributed by atoms with Crippen molar-refractivity contribution in [3.05, 3.63) is 70.9 Å². The van der Waals surface area contributed by atoms with E-state index in [0.717, 1.165) is 41.5 Å². The van der Waals surface area contributed by atoms with Crippen LogP contribution in [0.3, 0.4) is 0 Å². The topological polar surface area (TPSA) is 57.5 Å². The van der Waals surface area contributed by atoms with Crippen LogP contribution in [0.1, 0.15) is 79.6 Å². The predicted octanol–water partition coefficient (Wildman–Crippen LogP) is 6.22. The number of aromatic carboxylic acids is 1. The first-order valence-corrected chi connectivity index (χ1v) is 13.4. The Hall–Kier alpha value is -2.63. The van der Waals surface area contributed by atoms with Gasteiger partial charge in [0.2, 0.25) is 0 Å². The second-order valence-corrected chi connectivity index (χ2v) is 10.1. The van der Waals surface area contributed by atoms with Crippen LogP contribution in [0.25, 0.3) is 10.9 Å². The molecule has 35 heavy (non-hydrogen) atoms. The van der Waals surface area contributed by atoms with Gasteiger partial charge in [-0.1, -0.05) is 68.7 Å². The Morgan fingerprint density at radius 3 is 2.54 bits per heavy atom. The number of hydrogen-bond donors (Lipinski definition) is 2. The maximum atomic E-state index is 12.5. The van der Waals surface area contributed by atoms with Crippen molar-refractivity contribution < 1.29 is 9.90 Å². The zero-order valence-electron chi connectivity index (χ0n) is 21.6. The summed E-state index contributed by atoms with van der Waals surface area (Å²) in [7, 11) is 0. The molecule has 0 bridgehead atoms. The fourth-order valence-corrected chi connectivity index (χ4v) is 5.75. The molecule has 0 spiro atoms. The summed E-state index contributed by atoms with van der Waals surface area (Å²) in [6, 6.07) is 17.6. The lowest BCUT2D eigenvalue weighted by molar-refractivity contribution is 0.0684. The highest BCUT2D eigenvalue weighted by molar-refractivity contribution is 5.98. The third-order valence-corrected chi connectivity index (χ3v) is 7.92. The Balaban J connectivity index is 1.54. The van der Waals surface area contributed by atoms with Gasteiger partial charge >= 0.3 is 5.97 Å². The van der Waals surface area contributed by atoms with Crippen LogP contribution >= 0.6 is 0 Å². The molecule has 2 N–H and O–H groups in total. The number of hydrogen-bond acceptors (Lipinski definition) is 3. The summed E-state index contributed by atoms with van der Waals surface area (Å²) < 4.78 is 1.98. The molecular weight excluding hydrogens is 434 g/mol. The number of carboxylic acids is 1. The van der Waals surface area contributed by atoms with E-state index in [-0.39, 0.29) is 0 Å². The summed E-state index contributed by atoms with van der Waals surface area (Å²) in [5.74, 6) is -0.866. The van der Waals surface area contributed by atoms with Gasteiger partial charge in [0.1, 0.15) is 5.69 Å². The lowest BCUT2D eigenvalue weighted by atomic mass is 9.93. The summed E-state index contributed by atoms with van der Waals surface area (Å²) in [5.41, 5.74) is 4.58. The average molecular weight is 476 g/mol. The maximum Gasteiger partial charge on any atom is 0.352 e. The molecule has 1 saturated carbocycles. The van der Waals surface area contributed by atoms with Gasteiger partial charge in [0, 0.05) is 54.7 Å². The van der Waals surface area contributed by atoms with E-state index < -0.39 is 5.97 Å². The van der Waals surface area contributed by atoms with Crippen molar-refractivity contribution in [2.75, 3.05) is 13.1 Å². The average Bonchev–Trinajstić information content (AvgIpc) is 3.19. The number of nitrogens with one attached hydrogen (secondary N) is 1. The second-order valence-electron chi connectivity index (χ2n) is 10.1. The number of carbonyl (C=O) groups is 1. The molecule has 0 unspecified atom stereocenters. The summed E-state index contributed by atoms with van der Waals surface area (Å²) in [6.45, 7) is 9.67. The molecule has 0 radical (unpaired) electrons. The number of para-hydroxylation sites is 1. The molecule has 1 aliphatic carbocycles. The molecule has 2 aromatic carbocycles. The molecule has 3 aromatic rings. The number of aryl methyl sites for hydroxylation is 1. The van der Waals surface area contributed by atoms with Crippen molar-refractivity contribution in [2.24, 2.45) is 0 Å². The van der Waals surface area contributed by atoms with Crippen LogP contribution in [0.15, 0.2) is 48.5 Å². The van der Waals surface area contributed by atoms with E-state index in [2.05, 4.69) is 49.2 Å². The van der Waals surface area contributed by atoms with Crippen LogP contribution in [-0.2, 0) is 13.1 Å².